The van der Waals surface area contributed by atoms with Crippen LogP contribution in [0.1, 0.15) is 45.2 Å². The molecule has 0 saturated carbocycles. The summed E-state index contributed by atoms with van der Waals surface area (Å²) in [7, 11) is 3.93. The predicted octanol–water partition coefficient (Wildman–Crippen LogP) is 5.18. The Bertz CT molecular complexity index is 906. The van der Waals surface area contributed by atoms with Crippen molar-refractivity contribution in [2.75, 3.05) is 42.7 Å². The highest BCUT2D eigenvalue weighted by molar-refractivity contribution is 5.71. The summed E-state index contributed by atoms with van der Waals surface area (Å²) in [5.74, 6) is 2.20. The number of aromatic nitrogens is 2. The van der Waals surface area contributed by atoms with E-state index in [4.69, 9.17) is 4.98 Å². The van der Waals surface area contributed by atoms with Gasteiger partial charge in [-0.25, -0.2) is 0 Å². The minimum absolute atomic E-state index is 0.164. The summed E-state index contributed by atoms with van der Waals surface area (Å²) in [5.41, 5.74) is 7.17. The van der Waals surface area contributed by atoms with Crippen molar-refractivity contribution in [3.63, 3.8) is 0 Å². The molecule has 2 rings (SSSR count). The van der Waals surface area contributed by atoms with Crippen molar-refractivity contribution >= 4 is 29.0 Å². The SMILES string of the molecule is C=C=C(NCCC)c1ccc(C)c(Nc2nc(NC)cc(N(C)CC(C)(C)C)n2)c1. The van der Waals surface area contributed by atoms with Crippen LogP contribution in [0.5, 0.6) is 0 Å². The van der Waals surface area contributed by atoms with Crippen LogP contribution in [0.25, 0.3) is 5.70 Å². The molecule has 6 heteroatoms. The van der Waals surface area contributed by atoms with Crippen molar-refractivity contribution in [3.05, 3.63) is 47.7 Å². The number of anilines is 4. The molecule has 0 aliphatic heterocycles. The summed E-state index contributed by atoms with van der Waals surface area (Å²) in [6.07, 6.45) is 1.04. The summed E-state index contributed by atoms with van der Waals surface area (Å²) in [6.45, 7) is 16.4. The summed E-state index contributed by atoms with van der Waals surface area (Å²) < 4.78 is 0. The van der Waals surface area contributed by atoms with Gasteiger partial charge in [-0.3, -0.25) is 0 Å². The molecule has 0 amide bonds. The van der Waals surface area contributed by atoms with Gasteiger partial charge >= 0.3 is 0 Å². The third-order valence-corrected chi connectivity index (χ3v) is 4.57. The number of nitrogens with zero attached hydrogens (tertiary/aromatic N) is 3. The Morgan fingerprint density at radius 3 is 2.53 bits per heavy atom. The number of benzene rings is 1. The zero-order valence-corrected chi connectivity index (χ0v) is 19.5. The average molecular weight is 409 g/mol. The molecule has 0 bridgehead atoms. The van der Waals surface area contributed by atoms with Gasteiger partial charge in [0.25, 0.3) is 0 Å². The molecule has 0 unspecified atom stereocenters. The maximum atomic E-state index is 4.76. The lowest BCUT2D eigenvalue weighted by molar-refractivity contribution is 0.418. The van der Waals surface area contributed by atoms with E-state index in [1.165, 1.54) is 0 Å². The van der Waals surface area contributed by atoms with Crippen LogP contribution in [0.15, 0.2) is 36.6 Å². The van der Waals surface area contributed by atoms with E-state index in [-0.39, 0.29) is 5.41 Å². The zero-order valence-electron chi connectivity index (χ0n) is 19.5. The first-order valence-electron chi connectivity index (χ1n) is 10.5. The quantitative estimate of drug-likeness (QED) is 0.497. The third-order valence-electron chi connectivity index (χ3n) is 4.57. The monoisotopic (exact) mass is 408 g/mol. The van der Waals surface area contributed by atoms with Crippen molar-refractivity contribution in [1.82, 2.24) is 15.3 Å². The molecule has 1 aromatic heterocycles. The third kappa shape index (κ3) is 6.53. The molecule has 0 radical (unpaired) electrons. The van der Waals surface area contributed by atoms with Gasteiger partial charge in [0.2, 0.25) is 5.95 Å². The summed E-state index contributed by atoms with van der Waals surface area (Å²) in [5, 5.41) is 9.92. The normalized spacial score (nSPS) is 10.9. The van der Waals surface area contributed by atoms with E-state index >= 15 is 0 Å². The van der Waals surface area contributed by atoms with Gasteiger partial charge in [0, 0.05) is 44.5 Å². The first-order valence-corrected chi connectivity index (χ1v) is 10.5. The van der Waals surface area contributed by atoms with Crippen LogP contribution in [0.4, 0.5) is 23.3 Å². The molecule has 0 fully saturated rings. The van der Waals surface area contributed by atoms with E-state index in [0.717, 1.165) is 53.7 Å². The van der Waals surface area contributed by atoms with Crippen molar-refractivity contribution in [2.45, 2.75) is 41.0 Å². The topological polar surface area (TPSA) is 65.1 Å². The molecule has 0 atom stereocenters. The van der Waals surface area contributed by atoms with Crippen LogP contribution in [0.2, 0.25) is 0 Å². The molecule has 2 aromatic rings. The Balaban J connectivity index is 2.36. The summed E-state index contributed by atoms with van der Waals surface area (Å²) in [6, 6.07) is 8.20. The van der Waals surface area contributed by atoms with Crippen LogP contribution in [-0.4, -0.2) is 37.2 Å². The Kier molecular flexibility index (Phi) is 7.90. The van der Waals surface area contributed by atoms with Crippen LogP contribution >= 0.6 is 0 Å². The first-order chi connectivity index (χ1) is 14.2. The highest BCUT2D eigenvalue weighted by Crippen LogP contribution is 2.26. The fourth-order valence-electron chi connectivity index (χ4n) is 3.16. The fraction of sp³-hybridized carbons (Fsp3) is 0.458. The molecule has 30 heavy (non-hydrogen) atoms. The largest absolute Gasteiger partial charge is 0.378 e. The number of hydrogen-bond acceptors (Lipinski definition) is 6. The van der Waals surface area contributed by atoms with E-state index in [9.17, 15) is 0 Å². The molecular formula is C24H36N6. The Morgan fingerprint density at radius 1 is 1.20 bits per heavy atom. The highest BCUT2D eigenvalue weighted by atomic mass is 15.2. The molecule has 0 saturated heterocycles. The summed E-state index contributed by atoms with van der Waals surface area (Å²) >= 11 is 0. The second-order valence-electron chi connectivity index (χ2n) is 8.73. The lowest BCUT2D eigenvalue weighted by Gasteiger charge is -2.28. The molecule has 1 heterocycles. The highest BCUT2D eigenvalue weighted by Gasteiger charge is 2.16. The number of hydrogen-bond donors (Lipinski definition) is 3. The fourth-order valence-corrected chi connectivity index (χ4v) is 3.16. The Hall–Kier alpha value is -2.98. The van der Waals surface area contributed by atoms with Gasteiger partial charge in [-0.05, 0) is 30.4 Å². The van der Waals surface area contributed by atoms with Crippen LogP contribution in [0, 0.1) is 12.3 Å². The molecule has 162 valence electrons. The molecule has 0 aliphatic rings. The average Bonchev–Trinajstić information content (AvgIpc) is 2.69. The van der Waals surface area contributed by atoms with E-state index in [0.29, 0.717) is 5.95 Å². The smallest absolute Gasteiger partial charge is 0.231 e. The predicted molar refractivity (Wildman–Crippen MR) is 130 cm³/mol. The zero-order chi connectivity index (χ0) is 22.3. The Labute approximate surface area is 181 Å². The van der Waals surface area contributed by atoms with Gasteiger partial charge in [0.05, 0.1) is 5.70 Å². The van der Waals surface area contributed by atoms with Gasteiger partial charge in [0.15, 0.2) is 0 Å². The van der Waals surface area contributed by atoms with E-state index < -0.39 is 0 Å². The lowest BCUT2D eigenvalue weighted by atomic mass is 9.96. The number of aryl methyl sites for hydroxylation is 1. The van der Waals surface area contributed by atoms with Gasteiger partial charge in [-0.2, -0.15) is 9.97 Å². The maximum absolute atomic E-state index is 4.76. The van der Waals surface area contributed by atoms with Crippen LogP contribution < -0.4 is 20.9 Å². The molecule has 6 nitrogen and oxygen atoms in total. The second-order valence-corrected chi connectivity index (χ2v) is 8.73. The van der Waals surface area contributed by atoms with Crippen molar-refractivity contribution in [3.8, 4) is 0 Å². The van der Waals surface area contributed by atoms with Gasteiger partial charge in [-0.1, -0.05) is 46.4 Å². The standard InChI is InChI=1S/C24H36N6/c1-9-13-26-19(10-2)18-12-11-17(3)20(14-18)27-23-28-21(25-7)15-22(29-23)30(8)16-24(4,5)6/h11-12,14-15,26H,2,9,13,16H2,1,3-8H3,(H2,25,27,28,29). The van der Waals surface area contributed by atoms with Crippen molar-refractivity contribution < 1.29 is 0 Å². The molecular weight excluding hydrogens is 372 g/mol. The van der Waals surface area contributed by atoms with Crippen LogP contribution in [-0.2, 0) is 0 Å². The maximum Gasteiger partial charge on any atom is 0.231 e. The Morgan fingerprint density at radius 2 is 1.93 bits per heavy atom. The molecule has 0 spiro atoms. The van der Waals surface area contributed by atoms with Crippen LogP contribution in [0.3, 0.4) is 0 Å². The van der Waals surface area contributed by atoms with E-state index in [1.54, 1.807) is 0 Å². The lowest BCUT2D eigenvalue weighted by Crippen LogP contribution is -2.30. The first kappa shape index (κ1) is 23.3. The molecule has 1 aromatic carbocycles. The summed E-state index contributed by atoms with van der Waals surface area (Å²) in [4.78, 5) is 11.5. The minimum Gasteiger partial charge on any atom is -0.378 e. The molecule has 3 N–H and O–H groups in total. The van der Waals surface area contributed by atoms with Gasteiger partial charge in [-0.15, -0.1) is 5.73 Å². The number of rotatable bonds is 9. The van der Waals surface area contributed by atoms with Gasteiger partial charge in [0.1, 0.15) is 11.6 Å². The minimum atomic E-state index is 0.164. The molecule has 0 aliphatic carbocycles. The number of nitrogens with one attached hydrogen (secondary N) is 3. The van der Waals surface area contributed by atoms with E-state index in [1.807, 2.05) is 13.1 Å². The van der Waals surface area contributed by atoms with Crippen molar-refractivity contribution in [2.24, 2.45) is 5.41 Å². The van der Waals surface area contributed by atoms with E-state index in [2.05, 4.69) is 98.0 Å². The van der Waals surface area contributed by atoms with Crippen molar-refractivity contribution in [1.29, 1.82) is 0 Å². The van der Waals surface area contributed by atoms with Gasteiger partial charge < -0.3 is 20.9 Å². The second kappa shape index (κ2) is 10.2.